The van der Waals surface area contributed by atoms with E-state index in [9.17, 15) is 5.11 Å². The lowest BCUT2D eigenvalue weighted by atomic mass is 9.93. The first-order chi connectivity index (χ1) is 15.7. The highest BCUT2D eigenvalue weighted by Crippen LogP contribution is 2.38. The van der Waals surface area contributed by atoms with E-state index in [1.165, 1.54) is 23.3 Å². The van der Waals surface area contributed by atoms with Gasteiger partial charge >= 0.3 is 0 Å². The number of ether oxygens (including phenoxy) is 1. The molecule has 0 radical (unpaired) electrons. The summed E-state index contributed by atoms with van der Waals surface area (Å²) >= 11 is 0. The molecule has 5 rings (SSSR count). The fourth-order valence-electron chi connectivity index (χ4n) is 5.00. The Labute approximate surface area is 206 Å². The quantitative estimate of drug-likeness (QED) is 0.539. The Balaban J connectivity index is 0.00000259. The maximum Gasteiger partial charge on any atom is 0.225 e. The highest BCUT2D eigenvalue weighted by Gasteiger charge is 2.52. The minimum absolute atomic E-state index is 0. The molecule has 1 fully saturated rings. The van der Waals surface area contributed by atoms with Crippen LogP contribution in [0.15, 0.2) is 78.9 Å². The lowest BCUT2D eigenvalue weighted by Crippen LogP contribution is -3.00. The predicted molar refractivity (Wildman–Crippen MR) is 128 cm³/mol. The van der Waals surface area contributed by atoms with Crippen molar-refractivity contribution >= 4 is 5.71 Å². The zero-order valence-corrected chi connectivity index (χ0v) is 20.7. The van der Waals surface area contributed by atoms with Crippen LogP contribution in [0.5, 0.6) is 5.75 Å². The van der Waals surface area contributed by atoms with Crippen LogP contribution >= 0.6 is 0 Å². The van der Waals surface area contributed by atoms with Crippen LogP contribution in [0, 0.1) is 0 Å². The molecule has 1 N–H and O–H groups in total. The van der Waals surface area contributed by atoms with Crippen LogP contribution in [0.2, 0.25) is 0 Å². The molecular formula is C28H31BrN2O2. The van der Waals surface area contributed by atoms with Gasteiger partial charge in [-0.25, -0.2) is 0 Å². The van der Waals surface area contributed by atoms with Gasteiger partial charge in [-0.05, 0) is 55.2 Å². The van der Waals surface area contributed by atoms with E-state index in [2.05, 4.69) is 70.4 Å². The molecule has 0 saturated carbocycles. The van der Waals surface area contributed by atoms with Gasteiger partial charge in [-0.2, -0.15) is 0 Å². The SMILES string of the molecule is CCOc1ccc(C2=[N+]3CCCCCN3C(O)(c3ccc(-c4ccccc4)cc3)C2)cc1.[Br-]. The van der Waals surface area contributed by atoms with Crippen molar-refractivity contribution < 1.29 is 31.5 Å². The number of hydrazine groups is 1. The van der Waals surface area contributed by atoms with Gasteiger partial charge in [0.25, 0.3) is 0 Å². The standard InChI is InChI=1S/C28H31N2O2.BrH/c1-2-32-26-17-13-24(14-18-26)27-21-28(31,30-20-8-4-7-19-29(27)30)25-15-11-23(12-16-25)22-9-5-3-6-10-22;/h3,5-6,9-18,31H,2,4,7-8,19-21H2,1H3;1H/q+1;/p-1. The molecule has 2 aliphatic rings. The van der Waals surface area contributed by atoms with Crippen LogP contribution in [0.25, 0.3) is 11.1 Å². The molecule has 1 saturated heterocycles. The summed E-state index contributed by atoms with van der Waals surface area (Å²) < 4.78 is 7.95. The number of hydrazone groups is 1. The van der Waals surface area contributed by atoms with Gasteiger partial charge in [0.15, 0.2) is 6.54 Å². The molecule has 3 aromatic rings. The van der Waals surface area contributed by atoms with E-state index in [-0.39, 0.29) is 17.0 Å². The van der Waals surface area contributed by atoms with Gasteiger partial charge in [-0.15, -0.1) is 9.69 Å². The largest absolute Gasteiger partial charge is 1.00 e. The first kappa shape index (κ1) is 23.5. The topological polar surface area (TPSA) is 35.7 Å². The Kier molecular flexibility index (Phi) is 7.20. The van der Waals surface area contributed by atoms with Crippen molar-refractivity contribution in [3.8, 4) is 16.9 Å². The summed E-state index contributed by atoms with van der Waals surface area (Å²) in [5, 5.41) is 14.3. The summed E-state index contributed by atoms with van der Waals surface area (Å²) in [5.41, 5.74) is 4.61. The molecule has 0 bridgehead atoms. The number of hydrogen-bond donors (Lipinski definition) is 1. The second-order valence-electron chi connectivity index (χ2n) is 8.65. The van der Waals surface area contributed by atoms with Gasteiger partial charge in [0.05, 0.1) is 19.6 Å². The minimum Gasteiger partial charge on any atom is -1.00 e. The van der Waals surface area contributed by atoms with E-state index in [0.29, 0.717) is 13.0 Å². The van der Waals surface area contributed by atoms with Gasteiger partial charge < -0.3 is 26.8 Å². The van der Waals surface area contributed by atoms with Crippen LogP contribution in [-0.2, 0) is 5.72 Å². The minimum atomic E-state index is -1.03. The summed E-state index contributed by atoms with van der Waals surface area (Å²) in [6.45, 7) is 4.46. The van der Waals surface area contributed by atoms with E-state index < -0.39 is 5.72 Å². The molecule has 0 aliphatic carbocycles. The molecule has 2 heterocycles. The van der Waals surface area contributed by atoms with Crippen molar-refractivity contribution in [3.63, 3.8) is 0 Å². The van der Waals surface area contributed by atoms with Crippen LogP contribution in [0.4, 0.5) is 0 Å². The van der Waals surface area contributed by atoms with Crippen LogP contribution < -0.4 is 21.7 Å². The molecule has 1 atom stereocenters. The zero-order valence-electron chi connectivity index (χ0n) is 19.1. The highest BCUT2D eigenvalue weighted by molar-refractivity contribution is 5.98. The van der Waals surface area contributed by atoms with Gasteiger partial charge in [0, 0.05) is 17.5 Å². The number of aliphatic hydroxyl groups is 1. The summed E-state index contributed by atoms with van der Waals surface area (Å²) in [7, 11) is 0. The van der Waals surface area contributed by atoms with Gasteiger partial charge in [-0.1, -0.05) is 54.6 Å². The van der Waals surface area contributed by atoms with Crippen molar-refractivity contribution in [3.05, 3.63) is 90.0 Å². The fraction of sp³-hybridized carbons (Fsp3) is 0.321. The first-order valence-electron chi connectivity index (χ1n) is 11.7. The first-order valence-corrected chi connectivity index (χ1v) is 11.7. The van der Waals surface area contributed by atoms with E-state index in [4.69, 9.17) is 4.74 Å². The maximum absolute atomic E-state index is 12.1. The number of nitrogens with zero attached hydrogens (tertiary/aromatic N) is 2. The second-order valence-corrected chi connectivity index (χ2v) is 8.65. The lowest BCUT2D eigenvalue weighted by molar-refractivity contribution is -0.706. The molecule has 0 amide bonds. The predicted octanol–water partition coefficient (Wildman–Crippen LogP) is 2.21. The van der Waals surface area contributed by atoms with E-state index >= 15 is 0 Å². The molecule has 33 heavy (non-hydrogen) atoms. The monoisotopic (exact) mass is 506 g/mol. The highest BCUT2D eigenvalue weighted by atomic mass is 79.9. The Morgan fingerprint density at radius 1 is 0.848 bits per heavy atom. The Morgan fingerprint density at radius 2 is 1.52 bits per heavy atom. The molecule has 0 spiro atoms. The van der Waals surface area contributed by atoms with E-state index in [1.54, 1.807) is 0 Å². The van der Waals surface area contributed by atoms with Crippen LogP contribution in [-0.4, -0.2) is 40.2 Å². The van der Waals surface area contributed by atoms with Gasteiger partial charge in [0.1, 0.15) is 5.75 Å². The third-order valence-electron chi connectivity index (χ3n) is 6.64. The molecule has 1 unspecified atom stereocenters. The summed E-state index contributed by atoms with van der Waals surface area (Å²) in [6.07, 6.45) is 4.00. The lowest BCUT2D eigenvalue weighted by Gasteiger charge is -2.30. The maximum atomic E-state index is 12.1. The molecule has 4 nitrogen and oxygen atoms in total. The Bertz CT molecular complexity index is 1100. The third kappa shape index (κ3) is 4.57. The number of benzene rings is 3. The normalized spacial score (nSPS) is 20.1. The summed E-state index contributed by atoms with van der Waals surface area (Å²) in [5.74, 6) is 0.884. The van der Waals surface area contributed by atoms with Crippen LogP contribution in [0.1, 0.15) is 43.7 Å². The molecule has 5 heteroatoms. The van der Waals surface area contributed by atoms with E-state index in [0.717, 1.165) is 42.8 Å². The van der Waals surface area contributed by atoms with Gasteiger partial charge in [0.2, 0.25) is 11.4 Å². The summed E-state index contributed by atoms with van der Waals surface area (Å²) in [4.78, 5) is 0. The summed E-state index contributed by atoms with van der Waals surface area (Å²) in [6, 6.07) is 27.1. The molecule has 3 aromatic carbocycles. The van der Waals surface area contributed by atoms with E-state index in [1.807, 2.05) is 25.1 Å². The average molecular weight is 507 g/mol. The average Bonchev–Trinajstić information content (AvgIpc) is 2.98. The van der Waals surface area contributed by atoms with Crippen molar-refractivity contribution in [2.24, 2.45) is 0 Å². The smallest absolute Gasteiger partial charge is 0.225 e. The molecular weight excluding hydrogens is 476 g/mol. The molecule has 0 aromatic heterocycles. The van der Waals surface area contributed by atoms with Crippen molar-refractivity contribution in [1.82, 2.24) is 5.01 Å². The second kappa shape index (κ2) is 10.1. The number of hydrogen-bond acceptors (Lipinski definition) is 3. The Hall–Kier alpha value is -2.63. The number of rotatable bonds is 5. The third-order valence-corrected chi connectivity index (χ3v) is 6.64. The molecule has 2 aliphatic heterocycles. The number of fused-ring (bicyclic) bond motifs is 1. The fourth-order valence-corrected chi connectivity index (χ4v) is 5.00. The van der Waals surface area contributed by atoms with Crippen LogP contribution in [0.3, 0.4) is 0 Å². The van der Waals surface area contributed by atoms with Crippen molar-refractivity contribution in [1.29, 1.82) is 0 Å². The number of halogens is 1. The van der Waals surface area contributed by atoms with Crippen molar-refractivity contribution in [2.45, 2.75) is 38.3 Å². The molecule has 172 valence electrons. The van der Waals surface area contributed by atoms with Gasteiger partial charge in [-0.3, -0.25) is 0 Å². The zero-order chi connectivity index (χ0) is 22.0. The van der Waals surface area contributed by atoms with Crippen molar-refractivity contribution in [2.75, 3.05) is 19.7 Å². The Morgan fingerprint density at radius 3 is 2.21 bits per heavy atom.